The molecule has 188 valence electrons. The summed E-state index contributed by atoms with van der Waals surface area (Å²) in [7, 11) is -2.59. The Labute approximate surface area is 209 Å². The van der Waals surface area contributed by atoms with Crippen molar-refractivity contribution in [2.75, 3.05) is 18.4 Å². The van der Waals surface area contributed by atoms with Crippen LogP contribution in [-0.4, -0.2) is 63.2 Å². The molecule has 13 heteroatoms. The monoisotopic (exact) mass is 521 g/mol. The van der Waals surface area contributed by atoms with Crippen molar-refractivity contribution in [2.45, 2.75) is 57.1 Å². The van der Waals surface area contributed by atoms with E-state index in [1.54, 1.807) is 17.0 Å². The van der Waals surface area contributed by atoms with E-state index >= 15 is 0 Å². The molecular weight excluding hydrogens is 494 g/mol. The molecule has 4 rings (SSSR count). The number of halogens is 1. The highest BCUT2D eigenvalue weighted by atomic mass is 35.5. The van der Waals surface area contributed by atoms with Crippen molar-refractivity contribution >= 4 is 27.6 Å². The number of pyridine rings is 1. The first-order valence-corrected chi connectivity index (χ1v) is 13.2. The number of rotatable bonds is 9. The number of aromatic nitrogens is 6. The highest BCUT2D eigenvalue weighted by Crippen LogP contribution is 2.28. The highest BCUT2D eigenvalue weighted by Gasteiger charge is 2.34. The summed E-state index contributed by atoms with van der Waals surface area (Å²) in [5.74, 6) is 0.804. The van der Waals surface area contributed by atoms with Gasteiger partial charge in [0.15, 0.2) is 11.6 Å². The van der Waals surface area contributed by atoms with Gasteiger partial charge in [-0.25, -0.2) is 18.4 Å². The van der Waals surface area contributed by atoms with E-state index in [2.05, 4.69) is 29.9 Å². The second-order valence-corrected chi connectivity index (χ2v) is 10.9. The van der Waals surface area contributed by atoms with E-state index in [1.165, 1.54) is 26.4 Å². The Kier molecular flexibility index (Phi) is 7.95. The maximum Gasteiger partial charge on any atom is 0.240 e. The summed E-state index contributed by atoms with van der Waals surface area (Å²) < 4.78 is 42.5. The lowest BCUT2D eigenvalue weighted by molar-refractivity contribution is 0.00651. The maximum atomic E-state index is 13.4. The zero-order valence-electron chi connectivity index (χ0n) is 19.8. The van der Waals surface area contributed by atoms with Gasteiger partial charge in [0, 0.05) is 44.1 Å². The summed E-state index contributed by atoms with van der Waals surface area (Å²) in [6.45, 7) is 4.51. The Morgan fingerprint density at radius 2 is 2.00 bits per heavy atom. The van der Waals surface area contributed by atoms with Crippen molar-refractivity contribution in [3.63, 3.8) is 0 Å². The minimum absolute atomic E-state index is 0.0777. The third-order valence-electron chi connectivity index (χ3n) is 5.84. The van der Waals surface area contributed by atoms with Crippen LogP contribution in [0.15, 0.2) is 30.9 Å². The molecule has 0 unspecified atom stereocenters. The molecule has 35 heavy (non-hydrogen) atoms. The zero-order valence-corrected chi connectivity index (χ0v) is 21.3. The van der Waals surface area contributed by atoms with Crippen LogP contribution in [0.1, 0.15) is 43.7 Å². The Balaban J connectivity index is 1.65. The molecule has 4 heterocycles. The lowest BCUT2D eigenvalue weighted by Gasteiger charge is -2.25. The molecule has 1 aliphatic heterocycles. The molecule has 3 aromatic rings. The van der Waals surface area contributed by atoms with Crippen molar-refractivity contribution in [1.29, 1.82) is 0 Å². The predicted octanol–water partition coefficient (Wildman–Crippen LogP) is 3.18. The number of nitrogens with zero attached hydrogens (tertiary/aromatic N) is 6. The lowest BCUT2D eigenvalue weighted by atomic mass is 10.1. The molecule has 1 saturated heterocycles. The van der Waals surface area contributed by atoms with E-state index in [0.29, 0.717) is 24.0 Å². The molecular formula is C22H28ClN7O4S. The van der Waals surface area contributed by atoms with E-state index in [-0.39, 0.29) is 17.9 Å². The Bertz CT molecular complexity index is 1250. The van der Waals surface area contributed by atoms with E-state index in [4.69, 9.17) is 21.1 Å². The van der Waals surface area contributed by atoms with Gasteiger partial charge in [-0.3, -0.25) is 14.3 Å². The highest BCUT2D eigenvalue weighted by molar-refractivity contribution is 7.93. The first-order valence-electron chi connectivity index (χ1n) is 11.3. The molecule has 1 N–H and O–H groups in total. The topological polar surface area (TPSA) is 134 Å². The Morgan fingerprint density at radius 3 is 2.66 bits per heavy atom. The van der Waals surface area contributed by atoms with Gasteiger partial charge < -0.3 is 9.47 Å². The summed E-state index contributed by atoms with van der Waals surface area (Å²) in [6.07, 6.45) is 8.12. The van der Waals surface area contributed by atoms with Gasteiger partial charge in [0.05, 0.1) is 17.7 Å². The summed E-state index contributed by atoms with van der Waals surface area (Å²) in [4.78, 5) is 12.5. The van der Waals surface area contributed by atoms with Crippen LogP contribution in [-0.2, 0) is 26.0 Å². The van der Waals surface area contributed by atoms with E-state index in [9.17, 15) is 8.42 Å². The van der Waals surface area contributed by atoms with Crippen LogP contribution >= 0.6 is 11.6 Å². The third-order valence-corrected chi connectivity index (χ3v) is 7.73. The molecule has 0 saturated carbocycles. The molecule has 0 radical (unpaired) electrons. The molecule has 0 bridgehead atoms. The third kappa shape index (κ3) is 5.95. The maximum absolute atomic E-state index is 13.4. The van der Waals surface area contributed by atoms with Crippen LogP contribution in [0.4, 0.5) is 5.95 Å². The molecule has 3 aromatic heterocycles. The number of anilines is 1. The number of hydrogen-bond acceptors (Lipinski definition) is 9. The first-order chi connectivity index (χ1) is 16.8. The fraction of sp³-hybridized carbons (Fsp3) is 0.500. The van der Waals surface area contributed by atoms with Gasteiger partial charge in [0.25, 0.3) is 0 Å². The average molecular weight is 522 g/mol. The van der Waals surface area contributed by atoms with Crippen molar-refractivity contribution in [3.8, 4) is 11.4 Å². The zero-order chi connectivity index (χ0) is 25.0. The van der Waals surface area contributed by atoms with Crippen molar-refractivity contribution in [2.24, 2.45) is 0 Å². The number of ether oxygens (including phenoxy) is 2. The van der Waals surface area contributed by atoms with Gasteiger partial charge in [-0.15, -0.1) is 10.2 Å². The van der Waals surface area contributed by atoms with Crippen LogP contribution in [0.5, 0.6) is 0 Å². The fourth-order valence-corrected chi connectivity index (χ4v) is 5.20. The van der Waals surface area contributed by atoms with E-state index < -0.39 is 21.4 Å². The number of hydrogen-bond donors (Lipinski definition) is 1. The fourth-order valence-electron chi connectivity index (χ4n) is 3.96. The van der Waals surface area contributed by atoms with Crippen LogP contribution in [0.3, 0.4) is 0 Å². The molecule has 0 aliphatic carbocycles. The minimum Gasteiger partial charge on any atom is -0.376 e. The normalized spacial score (nSPS) is 18.2. The second kappa shape index (κ2) is 10.9. The van der Waals surface area contributed by atoms with Crippen LogP contribution in [0, 0.1) is 6.92 Å². The van der Waals surface area contributed by atoms with E-state index in [1.807, 2.05) is 13.0 Å². The Hall–Kier alpha value is -2.67. The van der Waals surface area contributed by atoms with E-state index in [0.717, 1.165) is 30.4 Å². The molecule has 1 aliphatic rings. The smallest absolute Gasteiger partial charge is 0.240 e. The second-order valence-electron chi connectivity index (χ2n) is 8.47. The molecule has 0 spiro atoms. The van der Waals surface area contributed by atoms with Crippen LogP contribution in [0.25, 0.3) is 11.4 Å². The largest absolute Gasteiger partial charge is 0.376 e. The summed E-state index contributed by atoms with van der Waals surface area (Å²) in [5.41, 5.74) is 1.68. The van der Waals surface area contributed by atoms with Gasteiger partial charge >= 0.3 is 0 Å². The van der Waals surface area contributed by atoms with Crippen LogP contribution < -0.4 is 4.72 Å². The number of nitrogens with one attached hydrogen (secondary N) is 1. The standard InChI is InChI=1S/C22H28ClN7O4S/c1-14-8-16(10-24-9-14)21-27-28-22(30(21)13-18-6-4-5-7-34-18)29-35(31,32)15(2)19(33-3)20-25-11-17(23)12-26-20/h8-12,15,18-19H,4-7,13H2,1-3H3,(H,28,29)/t15-,18+,19-/m0/s1. The van der Waals surface area contributed by atoms with Gasteiger partial charge in [0.1, 0.15) is 11.4 Å². The summed E-state index contributed by atoms with van der Waals surface area (Å²) in [5, 5.41) is 7.76. The molecule has 0 amide bonds. The number of sulfonamides is 1. The first kappa shape index (κ1) is 25.4. The van der Waals surface area contributed by atoms with Gasteiger partial charge in [-0.05, 0) is 44.7 Å². The number of methoxy groups -OCH3 is 1. The van der Waals surface area contributed by atoms with Crippen molar-refractivity contribution in [3.05, 3.63) is 47.3 Å². The molecule has 11 nitrogen and oxygen atoms in total. The van der Waals surface area contributed by atoms with Crippen LogP contribution in [0.2, 0.25) is 5.02 Å². The average Bonchev–Trinajstić information content (AvgIpc) is 3.22. The minimum atomic E-state index is -3.99. The van der Waals surface area contributed by atoms with Gasteiger partial charge in [-0.1, -0.05) is 11.6 Å². The molecule has 3 atom stereocenters. The summed E-state index contributed by atoms with van der Waals surface area (Å²) >= 11 is 5.87. The van der Waals surface area contributed by atoms with Gasteiger partial charge in [0.2, 0.25) is 16.0 Å². The number of aryl methyl sites for hydroxylation is 1. The van der Waals surface area contributed by atoms with Gasteiger partial charge in [-0.2, -0.15) is 0 Å². The lowest BCUT2D eigenvalue weighted by Crippen LogP contribution is -2.34. The SMILES string of the molecule is CO[C@H](c1ncc(Cl)cn1)[C@H](C)S(=O)(=O)Nc1nnc(-c2cncc(C)c2)n1C[C@H]1CCCCO1. The van der Waals surface area contributed by atoms with Crippen molar-refractivity contribution in [1.82, 2.24) is 29.7 Å². The quantitative estimate of drug-likeness (QED) is 0.450. The Morgan fingerprint density at radius 1 is 1.23 bits per heavy atom. The summed E-state index contributed by atoms with van der Waals surface area (Å²) in [6, 6.07) is 1.93. The molecule has 0 aromatic carbocycles. The predicted molar refractivity (Wildman–Crippen MR) is 130 cm³/mol. The molecule has 1 fully saturated rings. The van der Waals surface area contributed by atoms with Crippen molar-refractivity contribution < 1.29 is 17.9 Å².